The Morgan fingerprint density at radius 3 is 2.42 bits per heavy atom. The fourth-order valence-electron chi connectivity index (χ4n) is 0.761. The predicted octanol–water partition coefficient (Wildman–Crippen LogP) is 4.17. The highest BCUT2D eigenvalue weighted by atomic mass is 32.2. The lowest BCUT2D eigenvalue weighted by atomic mass is 10.3. The van der Waals surface area contributed by atoms with Gasteiger partial charge in [-0.25, -0.2) is 0 Å². The van der Waals surface area contributed by atoms with Crippen LogP contribution in [0.5, 0.6) is 0 Å². The molecule has 0 rings (SSSR count). The largest absolute Gasteiger partial charge is 0.126 e. The summed E-state index contributed by atoms with van der Waals surface area (Å²) in [6, 6.07) is 0. The summed E-state index contributed by atoms with van der Waals surface area (Å²) in [7, 11) is 0. The summed E-state index contributed by atoms with van der Waals surface area (Å²) in [4.78, 5) is 1.26. The highest BCUT2D eigenvalue weighted by Gasteiger charge is 1.95. The Morgan fingerprint density at radius 2 is 2.00 bits per heavy atom. The molecule has 0 fully saturated rings. The number of hydrogen-bond acceptors (Lipinski definition) is 1. The van der Waals surface area contributed by atoms with E-state index in [2.05, 4.69) is 27.0 Å². The van der Waals surface area contributed by atoms with E-state index in [1.165, 1.54) is 29.1 Å². The van der Waals surface area contributed by atoms with Crippen LogP contribution >= 0.6 is 11.8 Å². The molecule has 0 bridgehead atoms. The van der Waals surface area contributed by atoms with Crippen LogP contribution in [-0.2, 0) is 0 Å². The molecule has 0 atom stereocenters. The Hall–Kier alpha value is -0.430. The maximum Gasteiger partial charge on any atom is 0.00950 e. The van der Waals surface area contributed by atoms with Gasteiger partial charge in [-0.05, 0) is 24.7 Å². The van der Waals surface area contributed by atoms with E-state index in [4.69, 9.17) is 0 Å². The van der Waals surface area contributed by atoms with E-state index in [9.17, 15) is 0 Å². The highest BCUT2D eigenvalue weighted by Crippen LogP contribution is 2.22. The second-order valence-corrected chi connectivity index (χ2v) is 3.79. The van der Waals surface area contributed by atoms with Gasteiger partial charge >= 0.3 is 0 Å². The average Bonchev–Trinajstić information content (AvgIpc) is 2.11. The van der Waals surface area contributed by atoms with Gasteiger partial charge in [0.25, 0.3) is 0 Å². The summed E-state index contributed by atoms with van der Waals surface area (Å²) in [5.74, 6) is 1.18. The molecule has 0 radical (unpaired) electrons. The minimum Gasteiger partial charge on any atom is -0.126 e. The van der Waals surface area contributed by atoms with Crippen molar-refractivity contribution in [3.63, 3.8) is 0 Å². The molecule has 1 heteroatoms. The van der Waals surface area contributed by atoms with Crippen molar-refractivity contribution >= 4 is 11.8 Å². The lowest BCUT2D eigenvalue weighted by Gasteiger charge is -2.03. The monoisotopic (exact) mass is 182 g/mol. The molecule has 0 unspecified atom stereocenters. The van der Waals surface area contributed by atoms with E-state index in [1.807, 2.05) is 23.9 Å². The van der Waals surface area contributed by atoms with Gasteiger partial charge in [-0.2, -0.15) is 0 Å². The van der Waals surface area contributed by atoms with Crippen LogP contribution in [0.25, 0.3) is 0 Å². The molecule has 12 heavy (non-hydrogen) atoms. The van der Waals surface area contributed by atoms with Crippen LogP contribution in [0, 0.1) is 0 Å². The maximum absolute atomic E-state index is 3.78. The van der Waals surface area contributed by atoms with Crippen LogP contribution in [0.4, 0.5) is 0 Å². The zero-order chi connectivity index (χ0) is 9.40. The molecule has 68 valence electrons. The van der Waals surface area contributed by atoms with Crippen molar-refractivity contribution in [1.82, 2.24) is 0 Å². The van der Waals surface area contributed by atoms with Crippen molar-refractivity contribution < 1.29 is 0 Å². The third kappa shape index (κ3) is 4.45. The molecule has 0 aromatic carbocycles. The first kappa shape index (κ1) is 11.6. The van der Waals surface area contributed by atoms with E-state index in [0.717, 1.165) is 0 Å². The van der Waals surface area contributed by atoms with Gasteiger partial charge in [-0.15, -0.1) is 11.8 Å². The molecule has 0 N–H and O–H groups in total. The van der Waals surface area contributed by atoms with Crippen molar-refractivity contribution in [3.8, 4) is 0 Å². The number of unbranched alkanes of at least 4 members (excludes halogenated alkanes) is 1. The predicted molar refractivity (Wildman–Crippen MR) is 60.5 cm³/mol. The fourth-order valence-corrected chi connectivity index (χ4v) is 1.84. The Morgan fingerprint density at radius 1 is 1.33 bits per heavy atom. The Kier molecular flexibility index (Phi) is 6.97. The Balaban J connectivity index is 3.99. The Labute approximate surface area is 80.4 Å². The van der Waals surface area contributed by atoms with Gasteiger partial charge in [0.1, 0.15) is 0 Å². The first-order valence-corrected chi connectivity index (χ1v) is 5.33. The number of thioether (sulfide) groups is 1. The third-order valence-corrected chi connectivity index (χ3v) is 2.93. The van der Waals surface area contributed by atoms with Gasteiger partial charge in [0.15, 0.2) is 0 Å². The smallest absolute Gasteiger partial charge is 0.00950 e. The molecular weight excluding hydrogens is 164 g/mol. The normalized spacial score (nSPS) is 12.2. The Bertz CT molecular complexity index is 177. The zero-order valence-electron chi connectivity index (χ0n) is 8.10. The number of hydrogen-bond donors (Lipinski definition) is 0. The highest BCUT2D eigenvalue weighted by molar-refractivity contribution is 8.03. The summed E-state index contributed by atoms with van der Waals surface area (Å²) in [6.07, 6.45) is 6.32. The van der Waals surface area contributed by atoms with Crippen molar-refractivity contribution in [3.05, 3.63) is 35.8 Å². The molecule has 0 spiro atoms. The van der Waals surface area contributed by atoms with Gasteiger partial charge < -0.3 is 0 Å². The molecule has 0 amide bonds. The zero-order valence-corrected chi connectivity index (χ0v) is 8.91. The van der Waals surface area contributed by atoms with Crippen molar-refractivity contribution in [2.45, 2.75) is 26.7 Å². The molecule has 0 saturated carbocycles. The average molecular weight is 182 g/mol. The van der Waals surface area contributed by atoms with Crippen LogP contribution < -0.4 is 0 Å². The first-order valence-electron chi connectivity index (χ1n) is 4.34. The summed E-state index contributed by atoms with van der Waals surface area (Å²) in [5.41, 5.74) is 1.23. The van der Waals surface area contributed by atoms with E-state index in [-0.39, 0.29) is 0 Å². The van der Waals surface area contributed by atoms with Gasteiger partial charge in [-0.3, -0.25) is 0 Å². The van der Waals surface area contributed by atoms with Gasteiger partial charge in [0.05, 0.1) is 0 Å². The molecule has 0 aromatic heterocycles. The minimum absolute atomic E-state index is 1.18. The maximum atomic E-state index is 3.78. The molecular formula is C11H18S. The summed E-state index contributed by atoms with van der Waals surface area (Å²) < 4.78 is 0. The van der Waals surface area contributed by atoms with E-state index < -0.39 is 0 Å². The standard InChI is InChI=1S/C11H18S/c1-5-8-9-12-11(7-3)10(4)6-2/h6-7H,2-3,5,8-9H2,1,4H3/b11-10+. The van der Waals surface area contributed by atoms with Gasteiger partial charge in [-0.1, -0.05) is 38.7 Å². The quantitative estimate of drug-likeness (QED) is 0.439. The fraction of sp³-hybridized carbons (Fsp3) is 0.455. The summed E-state index contributed by atoms with van der Waals surface area (Å²) in [6.45, 7) is 11.8. The molecule has 0 aliphatic rings. The van der Waals surface area contributed by atoms with Gasteiger partial charge in [0.2, 0.25) is 0 Å². The second kappa shape index (κ2) is 7.23. The van der Waals surface area contributed by atoms with Crippen LogP contribution in [0.1, 0.15) is 26.7 Å². The molecule has 0 nitrogen and oxygen atoms in total. The summed E-state index contributed by atoms with van der Waals surface area (Å²) in [5, 5.41) is 0. The van der Waals surface area contributed by atoms with Gasteiger partial charge in [0, 0.05) is 4.91 Å². The topological polar surface area (TPSA) is 0 Å². The SMILES string of the molecule is C=C/C(C)=C(\C=C)SCCCC. The van der Waals surface area contributed by atoms with E-state index in [0.29, 0.717) is 0 Å². The number of allylic oxidation sites excluding steroid dienone is 3. The third-order valence-electron chi connectivity index (χ3n) is 1.64. The lowest BCUT2D eigenvalue weighted by molar-refractivity contribution is 0.897. The molecule has 0 aliphatic heterocycles. The second-order valence-electron chi connectivity index (χ2n) is 2.66. The molecule has 0 heterocycles. The van der Waals surface area contributed by atoms with Crippen molar-refractivity contribution in [1.29, 1.82) is 0 Å². The van der Waals surface area contributed by atoms with E-state index in [1.54, 1.807) is 0 Å². The molecule has 0 saturated heterocycles. The molecule has 0 aliphatic carbocycles. The van der Waals surface area contributed by atoms with Crippen molar-refractivity contribution in [2.24, 2.45) is 0 Å². The van der Waals surface area contributed by atoms with Crippen LogP contribution in [0.3, 0.4) is 0 Å². The lowest BCUT2D eigenvalue weighted by Crippen LogP contribution is -1.81. The van der Waals surface area contributed by atoms with Crippen LogP contribution in [-0.4, -0.2) is 5.75 Å². The van der Waals surface area contributed by atoms with Crippen molar-refractivity contribution in [2.75, 3.05) is 5.75 Å². The molecule has 0 aromatic rings. The van der Waals surface area contributed by atoms with Crippen LogP contribution in [0.2, 0.25) is 0 Å². The minimum atomic E-state index is 1.18. The van der Waals surface area contributed by atoms with E-state index >= 15 is 0 Å². The number of rotatable bonds is 6. The summed E-state index contributed by atoms with van der Waals surface area (Å²) >= 11 is 1.87. The van der Waals surface area contributed by atoms with Crippen LogP contribution in [0.15, 0.2) is 35.8 Å². The first-order chi connectivity index (χ1) is 5.76.